The molecule has 2 N–H and O–H groups in total. The zero-order valence-electron chi connectivity index (χ0n) is 15.0. The maximum atomic E-state index is 12.5. The number of aromatic nitrogens is 2. The van der Waals surface area contributed by atoms with Crippen molar-refractivity contribution in [3.63, 3.8) is 0 Å². The molecular weight excluding hydrogens is 368 g/mol. The molecule has 0 bridgehead atoms. The van der Waals surface area contributed by atoms with E-state index in [9.17, 15) is 4.79 Å². The fourth-order valence-electron chi connectivity index (χ4n) is 2.76. The Kier molecular flexibility index (Phi) is 5.19. The fraction of sp³-hybridized carbons (Fsp3) is 0.211. The second-order valence-electron chi connectivity index (χ2n) is 5.86. The minimum absolute atomic E-state index is 0.223. The highest BCUT2D eigenvalue weighted by Crippen LogP contribution is 2.29. The number of hydrogen-bond acceptors (Lipinski definition) is 6. The van der Waals surface area contributed by atoms with Gasteiger partial charge in [0.2, 0.25) is 5.88 Å². The number of methoxy groups -OCH3 is 2. The molecule has 0 amide bonds. The van der Waals surface area contributed by atoms with Crippen LogP contribution in [0.4, 0.5) is 5.82 Å². The molecular formula is C19H17ClN4O3. The van der Waals surface area contributed by atoms with Crippen molar-refractivity contribution in [3.05, 3.63) is 56.8 Å². The molecule has 0 aliphatic carbocycles. The van der Waals surface area contributed by atoms with E-state index in [0.717, 1.165) is 5.39 Å². The van der Waals surface area contributed by atoms with E-state index in [-0.39, 0.29) is 17.5 Å². The number of nitrogens with zero attached hydrogens (tertiary/aromatic N) is 2. The summed E-state index contributed by atoms with van der Waals surface area (Å²) in [6, 6.07) is 10.1. The molecule has 0 saturated heterocycles. The SMILES string of the molecule is COc1cc2[nH]c(=O)c(C(C)Nc3ccc(C#N)c(OC)n3)cc2cc1Cl. The zero-order valence-corrected chi connectivity index (χ0v) is 15.7. The van der Waals surface area contributed by atoms with Crippen molar-refractivity contribution in [2.24, 2.45) is 0 Å². The molecule has 3 aromatic rings. The summed E-state index contributed by atoms with van der Waals surface area (Å²) in [5, 5.41) is 13.4. The first-order valence-corrected chi connectivity index (χ1v) is 8.46. The summed E-state index contributed by atoms with van der Waals surface area (Å²) >= 11 is 6.18. The lowest BCUT2D eigenvalue weighted by Crippen LogP contribution is -2.20. The lowest BCUT2D eigenvalue weighted by Gasteiger charge is -2.16. The van der Waals surface area contributed by atoms with Crippen LogP contribution in [0.1, 0.15) is 24.1 Å². The Morgan fingerprint density at radius 2 is 2.04 bits per heavy atom. The van der Waals surface area contributed by atoms with E-state index in [1.165, 1.54) is 14.2 Å². The Morgan fingerprint density at radius 1 is 1.26 bits per heavy atom. The summed E-state index contributed by atoms with van der Waals surface area (Å²) in [5.41, 5.74) is 1.26. The Balaban J connectivity index is 1.96. The largest absolute Gasteiger partial charge is 0.495 e. The Labute approximate surface area is 160 Å². The van der Waals surface area contributed by atoms with Crippen LogP contribution in [-0.4, -0.2) is 24.2 Å². The van der Waals surface area contributed by atoms with Crippen molar-refractivity contribution in [1.82, 2.24) is 9.97 Å². The highest BCUT2D eigenvalue weighted by atomic mass is 35.5. The van der Waals surface area contributed by atoms with Gasteiger partial charge in [-0.05, 0) is 31.2 Å². The normalized spacial score (nSPS) is 11.7. The lowest BCUT2D eigenvalue weighted by molar-refractivity contribution is 0.397. The molecule has 0 spiro atoms. The standard InChI is InChI=1S/C19H17ClN4O3/c1-10(22-17-5-4-11(9-21)19(24-17)27-3)13-6-12-7-14(20)16(26-2)8-15(12)23-18(13)25/h4-8,10H,1-3H3,(H,22,24)(H,23,25). The Hall–Kier alpha value is -3.24. The van der Waals surface area contributed by atoms with Crippen LogP contribution in [0.3, 0.4) is 0 Å². The molecule has 2 aromatic heterocycles. The van der Waals surface area contributed by atoms with Gasteiger partial charge in [0.25, 0.3) is 5.56 Å². The summed E-state index contributed by atoms with van der Waals surface area (Å²) in [4.78, 5) is 19.6. The number of H-pyrrole nitrogens is 1. The van der Waals surface area contributed by atoms with E-state index in [2.05, 4.69) is 15.3 Å². The molecule has 0 saturated carbocycles. The first-order chi connectivity index (χ1) is 13.0. The van der Waals surface area contributed by atoms with E-state index >= 15 is 0 Å². The second kappa shape index (κ2) is 7.56. The monoisotopic (exact) mass is 384 g/mol. The Bertz CT molecular complexity index is 1100. The molecule has 27 heavy (non-hydrogen) atoms. The highest BCUT2D eigenvalue weighted by Gasteiger charge is 2.14. The number of nitrogens with one attached hydrogen (secondary N) is 2. The average Bonchev–Trinajstić information content (AvgIpc) is 2.67. The van der Waals surface area contributed by atoms with Gasteiger partial charge in [-0.2, -0.15) is 10.2 Å². The predicted molar refractivity (Wildman–Crippen MR) is 104 cm³/mol. The van der Waals surface area contributed by atoms with Gasteiger partial charge in [0.1, 0.15) is 23.2 Å². The van der Waals surface area contributed by atoms with Crippen molar-refractivity contribution in [3.8, 4) is 17.7 Å². The fourth-order valence-corrected chi connectivity index (χ4v) is 3.01. The number of ether oxygens (including phenoxy) is 2. The third-order valence-electron chi connectivity index (χ3n) is 4.15. The van der Waals surface area contributed by atoms with Crippen molar-refractivity contribution >= 4 is 28.3 Å². The van der Waals surface area contributed by atoms with Crippen LogP contribution in [0.2, 0.25) is 5.02 Å². The number of anilines is 1. The molecule has 0 radical (unpaired) electrons. The van der Waals surface area contributed by atoms with Gasteiger partial charge >= 0.3 is 0 Å². The van der Waals surface area contributed by atoms with Gasteiger partial charge < -0.3 is 19.8 Å². The minimum atomic E-state index is -0.343. The van der Waals surface area contributed by atoms with Gasteiger partial charge in [-0.25, -0.2) is 0 Å². The van der Waals surface area contributed by atoms with Crippen LogP contribution in [0, 0.1) is 11.3 Å². The molecule has 0 aliphatic rings. The van der Waals surface area contributed by atoms with Crippen LogP contribution in [0.15, 0.2) is 35.1 Å². The van der Waals surface area contributed by atoms with E-state index < -0.39 is 0 Å². The number of nitriles is 1. The third kappa shape index (κ3) is 3.66. The minimum Gasteiger partial charge on any atom is -0.495 e. The number of hydrogen-bond donors (Lipinski definition) is 2. The number of benzene rings is 1. The van der Waals surface area contributed by atoms with Gasteiger partial charge in [-0.15, -0.1) is 0 Å². The van der Waals surface area contributed by atoms with Crippen molar-refractivity contribution < 1.29 is 9.47 Å². The van der Waals surface area contributed by atoms with Gasteiger partial charge in [-0.3, -0.25) is 4.79 Å². The predicted octanol–water partition coefficient (Wildman–Crippen LogP) is 3.64. The van der Waals surface area contributed by atoms with Gasteiger partial charge in [0.05, 0.1) is 30.8 Å². The molecule has 138 valence electrons. The number of halogens is 1. The van der Waals surface area contributed by atoms with Crippen LogP contribution >= 0.6 is 11.6 Å². The number of aromatic amines is 1. The van der Waals surface area contributed by atoms with Crippen LogP contribution in [-0.2, 0) is 0 Å². The van der Waals surface area contributed by atoms with Crippen LogP contribution in [0.25, 0.3) is 10.9 Å². The van der Waals surface area contributed by atoms with Crippen molar-refractivity contribution in [1.29, 1.82) is 5.26 Å². The average molecular weight is 385 g/mol. The molecule has 2 heterocycles. The van der Waals surface area contributed by atoms with Gasteiger partial charge in [-0.1, -0.05) is 11.6 Å². The molecule has 0 fully saturated rings. The lowest BCUT2D eigenvalue weighted by atomic mass is 10.1. The van der Waals surface area contributed by atoms with E-state index in [4.69, 9.17) is 26.3 Å². The first-order valence-electron chi connectivity index (χ1n) is 8.09. The zero-order chi connectivity index (χ0) is 19.6. The molecule has 7 nitrogen and oxygen atoms in total. The van der Waals surface area contributed by atoms with E-state index in [1.54, 1.807) is 30.3 Å². The van der Waals surface area contributed by atoms with E-state index in [1.807, 2.05) is 13.0 Å². The quantitative estimate of drug-likeness (QED) is 0.696. The van der Waals surface area contributed by atoms with Crippen LogP contribution < -0.4 is 20.3 Å². The molecule has 3 rings (SSSR count). The molecule has 1 atom stereocenters. The number of fused-ring (bicyclic) bond motifs is 1. The summed E-state index contributed by atoms with van der Waals surface area (Å²) in [6.45, 7) is 1.84. The topological polar surface area (TPSA) is 100 Å². The van der Waals surface area contributed by atoms with Gasteiger partial charge in [0.15, 0.2) is 0 Å². The second-order valence-corrected chi connectivity index (χ2v) is 6.27. The van der Waals surface area contributed by atoms with Crippen molar-refractivity contribution in [2.75, 3.05) is 19.5 Å². The van der Waals surface area contributed by atoms with Gasteiger partial charge in [0, 0.05) is 17.0 Å². The molecule has 0 aliphatic heterocycles. The number of pyridine rings is 2. The third-order valence-corrected chi connectivity index (χ3v) is 4.45. The highest BCUT2D eigenvalue weighted by molar-refractivity contribution is 6.32. The van der Waals surface area contributed by atoms with Crippen LogP contribution in [0.5, 0.6) is 11.6 Å². The molecule has 1 unspecified atom stereocenters. The molecule has 1 aromatic carbocycles. The van der Waals surface area contributed by atoms with Crippen molar-refractivity contribution in [2.45, 2.75) is 13.0 Å². The molecule has 8 heteroatoms. The smallest absolute Gasteiger partial charge is 0.253 e. The summed E-state index contributed by atoms with van der Waals surface area (Å²) in [5.74, 6) is 1.21. The summed E-state index contributed by atoms with van der Waals surface area (Å²) in [7, 11) is 2.97. The number of rotatable bonds is 5. The Morgan fingerprint density at radius 3 is 2.70 bits per heavy atom. The first kappa shape index (κ1) is 18.5. The maximum absolute atomic E-state index is 12.5. The maximum Gasteiger partial charge on any atom is 0.253 e. The van der Waals surface area contributed by atoms with E-state index in [0.29, 0.717) is 33.2 Å². The summed E-state index contributed by atoms with van der Waals surface area (Å²) < 4.78 is 10.3. The summed E-state index contributed by atoms with van der Waals surface area (Å²) in [6.07, 6.45) is 0.